The number of carbonyl (C=O) groups excluding carboxylic acids is 2. The van der Waals surface area contributed by atoms with Crippen molar-refractivity contribution < 1.29 is 14.3 Å². The molecule has 0 aliphatic carbocycles. The van der Waals surface area contributed by atoms with Gasteiger partial charge in [0.25, 0.3) is 5.91 Å². The van der Waals surface area contributed by atoms with Crippen LogP contribution in [0.15, 0.2) is 47.8 Å². The molecule has 1 N–H and O–H groups in total. The van der Waals surface area contributed by atoms with Gasteiger partial charge in [-0.05, 0) is 69.5 Å². The Bertz CT molecular complexity index is 1110. The third-order valence-electron chi connectivity index (χ3n) is 5.24. The van der Waals surface area contributed by atoms with Gasteiger partial charge in [-0.25, -0.2) is 0 Å². The van der Waals surface area contributed by atoms with E-state index in [0.29, 0.717) is 17.1 Å². The zero-order valence-corrected chi connectivity index (χ0v) is 19.1. The van der Waals surface area contributed by atoms with Gasteiger partial charge in [-0.15, -0.1) is 11.3 Å². The zero-order valence-electron chi connectivity index (χ0n) is 18.3. The molecule has 0 saturated heterocycles. The first kappa shape index (κ1) is 21.1. The monoisotopic (exact) mass is 438 g/mol. The number of benzene rings is 1. The van der Waals surface area contributed by atoms with Crippen LogP contribution in [-0.2, 0) is 11.3 Å². The van der Waals surface area contributed by atoms with Crippen LogP contribution in [-0.4, -0.2) is 39.8 Å². The Kier molecular flexibility index (Phi) is 5.13. The molecule has 8 heteroatoms. The standard InChI is InChI=1S/C23H26N4O3S/c1-22(2,3)24-21(29)23(4)14-26-18(13-17(25-26)19-7-6-12-31-19)20(28)27(23)15-8-10-16(30-5)11-9-15/h6-13H,14H2,1-5H3,(H,24,29)/t23-/m0/s1. The van der Waals surface area contributed by atoms with Crippen molar-refractivity contribution in [3.05, 3.63) is 53.5 Å². The molecule has 0 bridgehead atoms. The second kappa shape index (κ2) is 7.53. The number of thiophene rings is 1. The first-order chi connectivity index (χ1) is 14.6. The summed E-state index contributed by atoms with van der Waals surface area (Å²) in [7, 11) is 1.59. The fraction of sp³-hybridized carbons (Fsp3) is 0.348. The van der Waals surface area contributed by atoms with E-state index in [0.717, 1.165) is 10.6 Å². The molecule has 162 valence electrons. The van der Waals surface area contributed by atoms with Gasteiger partial charge in [0.05, 0.1) is 18.5 Å². The van der Waals surface area contributed by atoms with Crippen LogP contribution in [0.4, 0.5) is 5.69 Å². The predicted octanol–water partition coefficient (Wildman–Crippen LogP) is 3.95. The lowest BCUT2D eigenvalue weighted by Crippen LogP contribution is -2.66. The number of carbonyl (C=O) groups is 2. The molecular formula is C23H26N4O3S. The number of hydrogen-bond donors (Lipinski definition) is 1. The SMILES string of the molecule is COc1ccc(N2C(=O)c3cc(-c4cccs4)nn3C[C@@]2(C)C(=O)NC(C)(C)C)cc1. The molecule has 3 heterocycles. The van der Waals surface area contributed by atoms with Gasteiger partial charge >= 0.3 is 0 Å². The van der Waals surface area contributed by atoms with Crippen LogP contribution in [0.5, 0.6) is 5.75 Å². The van der Waals surface area contributed by atoms with Crippen molar-refractivity contribution in [3.8, 4) is 16.3 Å². The summed E-state index contributed by atoms with van der Waals surface area (Å²) in [5.41, 5.74) is 0.211. The Balaban J connectivity index is 1.82. The molecule has 0 fully saturated rings. The Morgan fingerprint density at radius 1 is 1.23 bits per heavy atom. The van der Waals surface area contributed by atoms with Crippen LogP contribution in [0, 0.1) is 0 Å². The highest BCUT2D eigenvalue weighted by Gasteiger charge is 2.49. The van der Waals surface area contributed by atoms with Gasteiger partial charge < -0.3 is 10.1 Å². The largest absolute Gasteiger partial charge is 0.497 e. The van der Waals surface area contributed by atoms with E-state index < -0.39 is 11.1 Å². The third-order valence-corrected chi connectivity index (χ3v) is 6.13. The third kappa shape index (κ3) is 3.83. The van der Waals surface area contributed by atoms with Crippen LogP contribution < -0.4 is 15.0 Å². The number of fused-ring (bicyclic) bond motifs is 1. The summed E-state index contributed by atoms with van der Waals surface area (Å²) in [6.07, 6.45) is 0. The quantitative estimate of drug-likeness (QED) is 0.669. The van der Waals surface area contributed by atoms with Crippen LogP contribution in [0.2, 0.25) is 0 Å². The zero-order chi connectivity index (χ0) is 22.4. The van der Waals surface area contributed by atoms with E-state index >= 15 is 0 Å². The fourth-order valence-corrected chi connectivity index (χ4v) is 4.42. The van der Waals surface area contributed by atoms with Crippen LogP contribution in [0.1, 0.15) is 38.2 Å². The van der Waals surface area contributed by atoms with Crippen molar-refractivity contribution in [1.82, 2.24) is 15.1 Å². The Morgan fingerprint density at radius 2 is 1.94 bits per heavy atom. The maximum Gasteiger partial charge on any atom is 0.277 e. The minimum atomic E-state index is -1.16. The smallest absolute Gasteiger partial charge is 0.277 e. The van der Waals surface area contributed by atoms with Crippen molar-refractivity contribution in [3.63, 3.8) is 0 Å². The first-order valence-electron chi connectivity index (χ1n) is 10.1. The van der Waals surface area contributed by atoms with Crippen molar-refractivity contribution in [1.29, 1.82) is 0 Å². The lowest BCUT2D eigenvalue weighted by atomic mass is 9.92. The second-order valence-corrected chi connectivity index (χ2v) is 9.81. The molecular weight excluding hydrogens is 412 g/mol. The van der Waals surface area contributed by atoms with Gasteiger partial charge in [0.2, 0.25) is 5.91 Å². The van der Waals surface area contributed by atoms with Gasteiger partial charge in [0.1, 0.15) is 22.7 Å². The number of hydrogen-bond acceptors (Lipinski definition) is 5. The molecule has 2 aromatic heterocycles. The van der Waals surface area contributed by atoms with Crippen LogP contribution in [0.25, 0.3) is 10.6 Å². The number of nitrogens with one attached hydrogen (secondary N) is 1. The van der Waals surface area contributed by atoms with E-state index in [-0.39, 0.29) is 18.4 Å². The topological polar surface area (TPSA) is 76.5 Å². The molecule has 31 heavy (non-hydrogen) atoms. The number of rotatable bonds is 4. The molecule has 1 aliphatic rings. The molecule has 7 nitrogen and oxygen atoms in total. The Hall–Kier alpha value is -3.13. The van der Waals surface area contributed by atoms with E-state index in [4.69, 9.17) is 4.74 Å². The number of amides is 2. The van der Waals surface area contributed by atoms with E-state index in [1.807, 2.05) is 38.3 Å². The average Bonchev–Trinajstić information content (AvgIpc) is 3.37. The van der Waals surface area contributed by atoms with Crippen LogP contribution >= 0.6 is 11.3 Å². The number of anilines is 1. The summed E-state index contributed by atoms with van der Waals surface area (Å²) in [6, 6.07) is 12.9. The summed E-state index contributed by atoms with van der Waals surface area (Å²) < 4.78 is 6.91. The van der Waals surface area contributed by atoms with E-state index in [1.54, 1.807) is 65.3 Å². The number of methoxy groups -OCH3 is 1. The maximum atomic E-state index is 13.7. The number of nitrogens with zero attached hydrogens (tertiary/aromatic N) is 3. The van der Waals surface area contributed by atoms with Gasteiger partial charge in [0.15, 0.2) is 0 Å². The minimum Gasteiger partial charge on any atom is -0.497 e. The Morgan fingerprint density at radius 3 is 2.52 bits per heavy atom. The molecule has 3 aromatic rings. The summed E-state index contributed by atoms with van der Waals surface area (Å²) in [6.45, 7) is 7.79. The van der Waals surface area contributed by atoms with Gasteiger partial charge in [-0.1, -0.05) is 6.07 Å². The molecule has 0 unspecified atom stereocenters. The molecule has 0 spiro atoms. The second-order valence-electron chi connectivity index (χ2n) is 8.87. The molecule has 1 aromatic carbocycles. The van der Waals surface area contributed by atoms with Crippen molar-refractivity contribution in [2.75, 3.05) is 12.0 Å². The van der Waals surface area contributed by atoms with E-state index in [2.05, 4.69) is 10.4 Å². The fourth-order valence-electron chi connectivity index (χ4n) is 3.74. The lowest BCUT2D eigenvalue weighted by molar-refractivity contribution is -0.128. The van der Waals surface area contributed by atoms with Crippen molar-refractivity contribution in [2.45, 2.75) is 45.3 Å². The van der Waals surface area contributed by atoms with E-state index in [1.165, 1.54) is 0 Å². The van der Waals surface area contributed by atoms with Gasteiger partial charge in [-0.2, -0.15) is 5.10 Å². The number of ether oxygens (including phenoxy) is 1. The molecule has 0 radical (unpaired) electrons. The predicted molar refractivity (Wildman–Crippen MR) is 122 cm³/mol. The molecule has 1 aliphatic heterocycles. The molecule has 0 saturated carbocycles. The highest BCUT2D eigenvalue weighted by molar-refractivity contribution is 7.13. The molecule has 1 atom stereocenters. The molecule has 4 rings (SSSR count). The summed E-state index contributed by atoms with van der Waals surface area (Å²) in [5, 5.41) is 9.67. The summed E-state index contributed by atoms with van der Waals surface area (Å²) in [5.74, 6) is 0.181. The van der Waals surface area contributed by atoms with Crippen molar-refractivity contribution >= 4 is 28.8 Å². The number of aromatic nitrogens is 2. The Labute approximate surface area is 185 Å². The molecule has 2 amide bonds. The average molecular weight is 439 g/mol. The normalized spacial score (nSPS) is 18.6. The first-order valence-corrected chi connectivity index (χ1v) is 10.9. The minimum absolute atomic E-state index is 0.233. The lowest BCUT2D eigenvalue weighted by Gasteiger charge is -2.44. The van der Waals surface area contributed by atoms with Crippen molar-refractivity contribution in [2.24, 2.45) is 0 Å². The van der Waals surface area contributed by atoms with Gasteiger partial charge in [-0.3, -0.25) is 19.2 Å². The van der Waals surface area contributed by atoms with Gasteiger partial charge in [0, 0.05) is 11.2 Å². The summed E-state index contributed by atoms with van der Waals surface area (Å²) in [4.78, 5) is 29.7. The summed E-state index contributed by atoms with van der Waals surface area (Å²) >= 11 is 1.56. The maximum absolute atomic E-state index is 13.7. The highest BCUT2D eigenvalue weighted by Crippen LogP contribution is 2.35. The highest BCUT2D eigenvalue weighted by atomic mass is 32.1. The van der Waals surface area contributed by atoms with Crippen LogP contribution in [0.3, 0.4) is 0 Å². The van der Waals surface area contributed by atoms with E-state index in [9.17, 15) is 9.59 Å².